The minimum Gasteiger partial charge on any atom is -0.494 e. The highest BCUT2D eigenvalue weighted by molar-refractivity contribution is 7.13. The van der Waals surface area contributed by atoms with Crippen LogP contribution in [0, 0.1) is 0 Å². The molecule has 0 radical (unpaired) electrons. The maximum absolute atomic E-state index is 11.9. The second-order valence-electron chi connectivity index (χ2n) is 4.28. The molecule has 0 bridgehead atoms. The van der Waals surface area contributed by atoms with E-state index in [2.05, 4.69) is 22.4 Å². The van der Waals surface area contributed by atoms with E-state index in [1.165, 1.54) is 24.2 Å². The highest BCUT2D eigenvalue weighted by Crippen LogP contribution is 2.15. The topological polar surface area (TPSA) is 64.1 Å². The molecule has 0 aliphatic rings. The van der Waals surface area contributed by atoms with Crippen LogP contribution in [0.1, 0.15) is 36.5 Å². The fourth-order valence-electron chi connectivity index (χ4n) is 1.64. The Kier molecular flexibility index (Phi) is 5.49. The zero-order valence-corrected chi connectivity index (χ0v) is 12.2. The number of aromatic nitrogens is 2. The van der Waals surface area contributed by atoms with Crippen molar-refractivity contribution in [1.82, 2.24) is 10.2 Å². The predicted molar refractivity (Wildman–Crippen MR) is 79.3 cm³/mol. The van der Waals surface area contributed by atoms with E-state index in [0.717, 1.165) is 12.2 Å². The fraction of sp³-hybridized carbons (Fsp3) is 0.357. The summed E-state index contributed by atoms with van der Waals surface area (Å²) in [5.74, 6) is 0.591. The van der Waals surface area contributed by atoms with Crippen LogP contribution in [-0.2, 0) is 0 Å². The second-order valence-corrected chi connectivity index (χ2v) is 5.11. The summed E-state index contributed by atoms with van der Waals surface area (Å²) in [5.41, 5.74) is 2.14. The molecule has 0 saturated heterocycles. The second kappa shape index (κ2) is 7.59. The van der Waals surface area contributed by atoms with E-state index >= 15 is 0 Å². The van der Waals surface area contributed by atoms with Crippen molar-refractivity contribution in [2.75, 3.05) is 11.9 Å². The van der Waals surface area contributed by atoms with Crippen LogP contribution >= 0.6 is 11.3 Å². The zero-order valence-electron chi connectivity index (χ0n) is 11.3. The standard InChI is InChI=1S/C14H17N3O2S/c1-2-3-4-9-19-12-7-5-11(6-8-12)13(18)16-14-17-15-10-20-14/h5-8,10H,2-4,9H2,1H3,(H,16,17,18). The highest BCUT2D eigenvalue weighted by atomic mass is 32.1. The average molecular weight is 291 g/mol. The maximum atomic E-state index is 11.9. The van der Waals surface area contributed by atoms with Crippen LogP contribution in [0.25, 0.3) is 0 Å². The normalized spacial score (nSPS) is 10.2. The van der Waals surface area contributed by atoms with Gasteiger partial charge in [0.2, 0.25) is 5.13 Å². The van der Waals surface area contributed by atoms with Crippen molar-refractivity contribution in [2.45, 2.75) is 26.2 Å². The molecule has 0 fully saturated rings. The maximum Gasteiger partial charge on any atom is 0.257 e. The van der Waals surface area contributed by atoms with Crippen LogP contribution in [0.5, 0.6) is 5.75 Å². The van der Waals surface area contributed by atoms with Gasteiger partial charge in [0.1, 0.15) is 11.3 Å². The van der Waals surface area contributed by atoms with E-state index in [1.54, 1.807) is 29.8 Å². The molecule has 106 valence electrons. The summed E-state index contributed by atoms with van der Waals surface area (Å²) in [6, 6.07) is 7.10. The molecule has 0 spiro atoms. The monoisotopic (exact) mass is 291 g/mol. The molecule has 1 aromatic heterocycles. The molecule has 0 unspecified atom stereocenters. The number of ether oxygens (including phenoxy) is 1. The molecule has 6 heteroatoms. The van der Waals surface area contributed by atoms with Crippen LogP contribution < -0.4 is 10.1 Å². The van der Waals surface area contributed by atoms with E-state index in [-0.39, 0.29) is 5.91 Å². The van der Waals surface area contributed by atoms with Crippen molar-refractivity contribution in [3.8, 4) is 5.75 Å². The van der Waals surface area contributed by atoms with Gasteiger partial charge in [0.05, 0.1) is 6.61 Å². The first-order chi connectivity index (χ1) is 9.79. The predicted octanol–water partition coefficient (Wildman–Crippen LogP) is 3.36. The Morgan fingerprint density at radius 2 is 2.10 bits per heavy atom. The lowest BCUT2D eigenvalue weighted by atomic mass is 10.2. The number of benzene rings is 1. The van der Waals surface area contributed by atoms with Gasteiger partial charge < -0.3 is 4.74 Å². The largest absolute Gasteiger partial charge is 0.494 e. The lowest BCUT2D eigenvalue weighted by molar-refractivity contribution is 0.102. The molecule has 5 nitrogen and oxygen atoms in total. The van der Waals surface area contributed by atoms with Crippen LogP contribution in [-0.4, -0.2) is 22.7 Å². The third kappa shape index (κ3) is 4.31. The van der Waals surface area contributed by atoms with Gasteiger partial charge in [-0.15, -0.1) is 10.2 Å². The molecule has 1 aromatic carbocycles. The summed E-state index contributed by atoms with van der Waals surface area (Å²) in [7, 11) is 0. The molecule has 0 atom stereocenters. The molecule has 0 aliphatic heterocycles. The molecular formula is C14H17N3O2S. The summed E-state index contributed by atoms with van der Waals surface area (Å²) in [4.78, 5) is 11.9. The van der Waals surface area contributed by atoms with E-state index in [0.29, 0.717) is 17.3 Å². The Labute approximate surface area is 122 Å². The van der Waals surface area contributed by atoms with Gasteiger partial charge >= 0.3 is 0 Å². The van der Waals surface area contributed by atoms with Crippen molar-refractivity contribution in [2.24, 2.45) is 0 Å². The van der Waals surface area contributed by atoms with E-state index < -0.39 is 0 Å². The van der Waals surface area contributed by atoms with Gasteiger partial charge in [0.15, 0.2) is 0 Å². The van der Waals surface area contributed by atoms with E-state index in [4.69, 9.17) is 4.74 Å². The number of carbonyl (C=O) groups is 1. The van der Waals surface area contributed by atoms with Crippen molar-refractivity contribution < 1.29 is 9.53 Å². The molecule has 2 aromatic rings. The minimum atomic E-state index is -0.195. The lowest BCUT2D eigenvalue weighted by Crippen LogP contribution is -2.11. The van der Waals surface area contributed by atoms with Crippen molar-refractivity contribution in [3.05, 3.63) is 35.3 Å². The number of carbonyl (C=O) groups excluding carboxylic acids is 1. The van der Waals surface area contributed by atoms with Gasteiger partial charge in [-0.25, -0.2) is 0 Å². The molecule has 0 aliphatic carbocycles. The Bertz CT molecular complexity index is 526. The number of amides is 1. The van der Waals surface area contributed by atoms with Crippen molar-refractivity contribution in [1.29, 1.82) is 0 Å². The molecule has 1 amide bonds. The third-order valence-corrected chi connectivity index (χ3v) is 3.32. The van der Waals surface area contributed by atoms with Gasteiger partial charge in [-0.1, -0.05) is 31.1 Å². The van der Waals surface area contributed by atoms with Gasteiger partial charge in [0, 0.05) is 5.56 Å². The van der Waals surface area contributed by atoms with Gasteiger partial charge in [-0.3, -0.25) is 10.1 Å². The number of nitrogens with zero attached hydrogens (tertiary/aromatic N) is 2. The highest BCUT2D eigenvalue weighted by Gasteiger charge is 2.07. The molecule has 20 heavy (non-hydrogen) atoms. The number of hydrogen-bond donors (Lipinski definition) is 1. The summed E-state index contributed by atoms with van der Waals surface area (Å²) in [6.07, 6.45) is 3.40. The number of nitrogens with one attached hydrogen (secondary N) is 1. The van der Waals surface area contributed by atoms with Crippen molar-refractivity contribution >= 4 is 22.4 Å². The number of unbranched alkanes of at least 4 members (excludes halogenated alkanes) is 2. The quantitative estimate of drug-likeness (QED) is 0.794. The molecule has 0 saturated carbocycles. The number of anilines is 1. The molecular weight excluding hydrogens is 274 g/mol. The van der Waals surface area contributed by atoms with Gasteiger partial charge in [-0.2, -0.15) is 0 Å². The molecule has 2 rings (SSSR count). The third-order valence-electron chi connectivity index (χ3n) is 2.71. The van der Waals surface area contributed by atoms with Crippen LogP contribution in [0.2, 0.25) is 0 Å². The Balaban J connectivity index is 1.85. The fourth-order valence-corrected chi connectivity index (χ4v) is 2.08. The first-order valence-electron chi connectivity index (χ1n) is 6.60. The summed E-state index contributed by atoms with van der Waals surface area (Å²) < 4.78 is 5.60. The summed E-state index contributed by atoms with van der Waals surface area (Å²) >= 11 is 1.29. The summed E-state index contributed by atoms with van der Waals surface area (Å²) in [5, 5.41) is 10.6. The summed E-state index contributed by atoms with van der Waals surface area (Å²) in [6.45, 7) is 2.87. The minimum absolute atomic E-state index is 0.195. The van der Waals surface area contributed by atoms with E-state index in [1.807, 2.05) is 0 Å². The SMILES string of the molecule is CCCCCOc1ccc(C(=O)Nc2nncs2)cc1. The van der Waals surface area contributed by atoms with Crippen LogP contribution in [0.4, 0.5) is 5.13 Å². The van der Waals surface area contributed by atoms with Gasteiger partial charge in [0.25, 0.3) is 5.91 Å². The van der Waals surface area contributed by atoms with Gasteiger partial charge in [-0.05, 0) is 30.7 Å². The Morgan fingerprint density at radius 3 is 2.75 bits per heavy atom. The zero-order chi connectivity index (χ0) is 14.2. The lowest BCUT2D eigenvalue weighted by Gasteiger charge is -2.06. The van der Waals surface area contributed by atoms with E-state index in [9.17, 15) is 4.79 Å². The van der Waals surface area contributed by atoms with Crippen molar-refractivity contribution in [3.63, 3.8) is 0 Å². The molecule has 1 heterocycles. The first kappa shape index (κ1) is 14.5. The van der Waals surface area contributed by atoms with Crippen LogP contribution in [0.15, 0.2) is 29.8 Å². The average Bonchev–Trinajstić information content (AvgIpc) is 2.97. The first-order valence-corrected chi connectivity index (χ1v) is 7.48. The number of rotatable bonds is 7. The Morgan fingerprint density at radius 1 is 1.30 bits per heavy atom. The molecule has 1 N–H and O–H groups in total. The Hall–Kier alpha value is -1.95. The van der Waals surface area contributed by atoms with Crippen LogP contribution in [0.3, 0.4) is 0 Å². The number of hydrogen-bond acceptors (Lipinski definition) is 5. The smallest absolute Gasteiger partial charge is 0.257 e.